The molecular formula is C9H14ClF4N. The third-order valence-electron chi connectivity index (χ3n) is 2.76. The average molecular weight is 248 g/mol. The molecule has 0 amide bonds. The normalized spacial score (nSPS) is 29.8. The van der Waals surface area contributed by atoms with Gasteiger partial charge in [-0.2, -0.15) is 8.78 Å². The highest BCUT2D eigenvalue weighted by molar-refractivity contribution is 6.21. The van der Waals surface area contributed by atoms with E-state index in [2.05, 4.69) is 0 Å². The Labute approximate surface area is 91.4 Å². The summed E-state index contributed by atoms with van der Waals surface area (Å²) in [6.45, 7) is 1.19. The van der Waals surface area contributed by atoms with Gasteiger partial charge in [0.2, 0.25) is 0 Å². The number of nitrogens with zero attached hydrogens (tertiary/aromatic N) is 1. The van der Waals surface area contributed by atoms with Crippen molar-refractivity contribution in [3.63, 3.8) is 0 Å². The van der Waals surface area contributed by atoms with Gasteiger partial charge in [0.15, 0.2) is 0 Å². The number of piperidine rings is 1. The molecule has 0 aromatic carbocycles. The fraction of sp³-hybridized carbons (Fsp3) is 1.00. The molecule has 0 saturated carbocycles. The Balaban J connectivity index is 2.57. The van der Waals surface area contributed by atoms with Crippen molar-refractivity contribution in [3.05, 3.63) is 0 Å². The Kier molecular flexibility index (Phi) is 4.23. The smallest absolute Gasteiger partial charge is 0.293 e. The van der Waals surface area contributed by atoms with Gasteiger partial charge in [0, 0.05) is 11.4 Å². The van der Waals surface area contributed by atoms with E-state index in [1.807, 2.05) is 0 Å². The van der Waals surface area contributed by atoms with Crippen LogP contribution in [0.3, 0.4) is 0 Å². The van der Waals surface area contributed by atoms with Crippen LogP contribution in [0.5, 0.6) is 0 Å². The fourth-order valence-electron chi connectivity index (χ4n) is 1.73. The largest absolute Gasteiger partial charge is 0.319 e. The molecule has 1 aliphatic rings. The molecule has 90 valence electrons. The van der Waals surface area contributed by atoms with Crippen molar-refractivity contribution in [2.75, 3.05) is 13.1 Å². The van der Waals surface area contributed by atoms with Crippen LogP contribution in [-0.4, -0.2) is 41.8 Å². The number of hydrogen-bond acceptors (Lipinski definition) is 1. The highest BCUT2D eigenvalue weighted by Crippen LogP contribution is 2.29. The number of alkyl halides is 5. The lowest BCUT2D eigenvalue weighted by atomic mass is 10.0. The zero-order valence-corrected chi connectivity index (χ0v) is 9.15. The lowest BCUT2D eigenvalue weighted by molar-refractivity contribution is -0.147. The van der Waals surface area contributed by atoms with Crippen LogP contribution in [-0.2, 0) is 0 Å². The van der Waals surface area contributed by atoms with E-state index in [0.717, 1.165) is 6.42 Å². The highest BCUT2D eigenvalue weighted by Gasteiger charge is 2.44. The van der Waals surface area contributed by atoms with Crippen molar-refractivity contribution in [3.8, 4) is 0 Å². The Morgan fingerprint density at radius 1 is 1.47 bits per heavy atom. The van der Waals surface area contributed by atoms with Crippen LogP contribution in [0.1, 0.15) is 19.8 Å². The molecule has 6 heteroatoms. The molecule has 0 N–H and O–H groups in total. The van der Waals surface area contributed by atoms with Gasteiger partial charge in [-0.15, -0.1) is 11.6 Å². The molecule has 0 bridgehead atoms. The molecule has 0 aromatic heterocycles. The lowest BCUT2D eigenvalue weighted by Crippen LogP contribution is -2.51. The van der Waals surface area contributed by atoms with E-state index < -0.39 is 18.9 Å². The maximum Gasteiger partial charge on any atom is 0.319 e. The Hall–Kier alpha value is -0.0300. The molecule has 2 atom stereocenters. The van der Waals surface area contributed by atoms with Crippen LogP contribution in [0.25, 0.3) is 0 Å². The number of likely N-dealkylation sites (tertiary alicyclic amines) is 1. The second-order valence-corrected chi connectivity index (χ2v) is 4.49. The molecule has 1 heterocycles. The predicted molar refractivity (Wildman–Crippen MR) is 50.9 cm³/mol. The summed E-state index contributed by atoms with van der Waals surface area (Å²) in [5.41, 5.74) is 0. The lowest BCUT2D eigenvalue weighted by Gasteiger charge is -2.38. The second-order valence-electron chi connectivity index (χ2n) is 3.93. The third kappa shape index (κ3) is 3.21. The first-order valence-electron chi connectivity index (χ1n) is 4.88. The standard InChI is InChI=1S/C9H14ClF4N/c1-6-7(10)3-2-4-15(6)5-9(13,14)8(11)12/h6-8H,2-5H2,1H3. The molecule has 1 rings (SSSR count). The van der Waals surface area contributed by atoms with Crippen molar-refractivity contribution < 1.29 is 17.6 Å². The van der Waals surface area contributed by atoms with Gasteiger partial charge >= 0.3 is 12.3 Å². The Morgan fingerprint density at radius 3 is 2.60 bits per heavy atom. The second kappa shape index (κ2) is 4.87. The first-order chi connectivity index (χ1) is 6.84. The van der Waals surface area contributed by atoms with E-state index in [1.165, 1.54) is 4.90 Å². The minimum atomic E-state index is -3.94. The summed E-state index contributed by atoms with van der Waals surface area (Å²) in [6.07, 6.45) is -2.18. The molecular weight excluding hydrogens is 234 g/mol. The van der Waals surface area contributed by atoms with E-state index in [9.17, 15) is 17.6 Å². The molecule has 2 unspecified atom stereocenters. The molecule has 0 aromatic rings. The van der Waals surface area contributed by atoms with Gasteiger partial charge < -0.3 is 0 Å². The fourth-order valence-corrected chi connectivity index (χ4v) is 2.04. The average Bonchev–Trinajstić information content (AvgIpc) is 2.12. The molecule has 1 fully saturated rings. The summed E-state index contributed by atoms with van der Waals surface area (Å²) < 4.78 is 49.6. The molecule has 0 spiro atoms. The summed E-state index contributed by atoms with van der Waals surface area (Å²) in [6, 6.07) is -0.273. The molecule has 1 nitrogen and oxygen atoms in total. The van der Waals surface area contributed by atoms with Crippen molar-refractivity contribution in [1.29, 1.82) is 0 Å². The van der Waals surface area contributed by atoms with Crippen LogP contribution in [0.15, 0.2) is 0 Å². The molecule has 1 aliphatic heterocycles. The maximum absolute atomic E-state index is 12.8. The van der Waals surface area contributed by atoms with Crippen LogP contribution >= 0.6 is 11.6 Å². The van der Waals surface area contributed by atoms with E-state index in [-0.39, 0.29) is 11.4 Å². The summed E-state index contributed by atoms with van der Waals surface area (Å²) in [5, 5.41) is -0.229. The molecule has 0 aliphatic carbocycles. The van der Waals surface area contributed by atoms with Crippen molar-refractivity contribution in [1.82, 2.24) is 4.90 Å². The topological polar surface area (TPSA) is 3.24 Å². The van der Waals surface area contributed by atoms with E-state index in [0.29, 0.717) is 13.0 Å². The quantitative estimate of drug-likeness (QED) is 0.547. The van der Waals surface area contributed by atoms with Crippen LogP contribution in [0.4, 0.5) is 17.6 Å². The predicted octanol–water partition coefficient (Wildman–Crippen LogP) is 2.98. The van der Waals surface area contributed by atoms with Crippen molar-refractivity contribution in [2.45, 2.75) is 43.5 Å². The van der Waals surface area contributed by atoms with Crippen LogP contribution in [0, 0.1) is 0 Å². The van der Waals surface area contributed by atoms with Crippen LogP contribution in [0.2, 0.25) is 0 Å². The highest BCUT2D eigenvalue weighted by atomic mass is 35.5. The van der Waals surface area contributed by atoms with Gasteiger partial charge in [-0.3, -0.25) is 4.90 Å². The van der Waals surface area contributed by atoms with E-state index in [4.69, 9.17) is 11.6 Å². The summed E-state index contributed by atoms with van der Waals surface area (Å²) in [7, 11) is 0. The van der Waals surface area contributed by atoms with Gasteiger partial charge in [-0.05, 0) is 26.3 Å². The minimum absolute atomic E-state index is 0.229. The summed E-state index contributed by atoms with van der Waals surface area (Å²) in [4.78, 5) is 1.34. The number of rotatable bonds is 3. The summed E-state index contributed by atoms with van der Waals surface area (Å²) in [5.74, 6) is -3.94. The maximum atomic E-state index is 12.8. The van der Waals surface area contributed by atoms with Gasteiger partial charge in [0.05, 0.1) is 6.54 Å². The number of halogens is 5. The SMILES string of the molecule is CC1C(Cl)CCCN1CC(F)(F)C(F)F. The van der Waals surface area contributed by atoms with Crippen molar-refractivity contribution >= 4 is 11.6 Å². The molecule has 15 heavy (non-hydrogen) atoms. The van der Waals surface area contributed by atoms with Crippen molar-refractivity contribution in [2.24, 2.45) is 0 Å². The van der Waals surface area contributed by atoms with Gasteiger partial charge in [0.25, 0.3) is 0 Å². The molecule has 1 saturated heterocycles. The van der Waals surface area contributed by atoms with Gasteiger partial charge in [-0.25, -0.2) is 8.78 Å². The Bertz CT molecular complexity index is 212. The van der Waals surface area contributed by atoms with E-state index in [1.54, 1.807) is 6.92 Å². The number of hydrogen-bond donors (Lipinski definition) is 0. The third-order valence-corrected chi connectivity index (χ3v) is 3.34. The van der Waals surface area contributed by atoms with E-state index >= 15 is 0 Å². The minimum Gasteiger partial charge on any atom is -0.293 e. The molecule has 0 radical (unpaired) electrons. The zero-order valence-electron chi connectivity index (χ0n) is 8.40. The van der Waals surface area contributed by atoms with Crippen LogP contribution < -0.4 is 0 Å². The van der Waals surface area contributed by atoms with Gasteiger partial charge in [-0.1, -0.05) is 0 Å². The first kappa shape index (κ1) is 13.0. The summed E-state index contributed by atoms with van der Waals surface area (Å²) >= 11 is 5.90. The zero-order chi connectivity index (χ0) is 11.6. The monoisotopic (exact) mass is 247 g/mol. The van der Waals surface area contributed by atoms with Gasteiger partial charge in [0.1, 0.15) is 0 Å². The Morgan fingerprint density at radius 2 is 2.07 bits per heavy atom. The first-order valence-corrected chi connectivity index (χ1v) is 5.32.